The predicted molar refractivity (Wildman–Crippen MR) is 88.8 cm³/mol. The lowest BCUT2D eigenvalue weighted by molar-refractivity contribution is -0.389. The van der Waals surface area contributed by atoms with Gasteiger partial charge in [0.05, 0.1) is 5.56 Å². The molecule has 3 rings (SSSR count). The van der Waals surface area contributed by atoms with E-state index in [1.54, 1.807) is 0 Å². The molecule has 2 aromatic rings. The molecule has 12 heteroatoms. The van der Waals surface area contributed by atoms with Gasteiger partial charge in [0.15, 0.2) is 12.4 Å². The maximum absolute atomic E-state index is 12.8. The molecule has 2 amide bonds. The predicted octanol–water partition coefficient (Wildman–Crippen LogP) is 2.37. The third-order valence-corrected chi connectivity index (χ3v) is 3.69. The number of nitro groups is 1. The minimum atomic E-state index is -4.58. The van der Waals surface area contributed by atoms with Crippen molar-refractivity contribution >= 4 is 29.1 Å². The van der Waals surface area contributed by atoms with Crippen LogP contribution in [0.1, 0.15) is 5.56 Å². The number of carbonyl (C=O) groups excluding carboxylic acids is 2. The van der Waals surface area contributed by atoms with Gasteiger partial charge in [-0.3, -0.25) is 14.5 Å². The number of nitrogens with zero attached hydrogens (tertiary/aromatic N) is 3. The Morgan fingerprint density at radius 2 is 2.07 bits per heavy atom. The molecule has 0 saturated carbocycles. The van der Waals surface area contributed by atoms with Gasteiger partial charge in [0.25, 0.3) is 11.7 Å². The molecule has 1 aliphatic rings. The van der Waals surface area contributed by atoms with E-state index in [0.717, 1.165) is 29.2 Å². The highest BCUT2D eigenvalue weighted by Crippen LogP contribution is 2.32. The van der Waals surface area contributed by atoms with Gasteiger partial charge in [0.1, 0.15) is 6.54 Å². The molecule has 0 unspecified atom stereocenters. The number of alkyl halides is 3. The van der Waals surface area contributed by atoms with E-state index < -0.39 is 47.4 Å². The number of pyridine rings is 1. The van der Waals surface area contributed by atoms with Crippen LogP contribution in [0.3, 0.4) is 0 Å². The van der Waals surface area contributed by atoms with Gasteiger partial charge in [-0.05, 0) is 34.2 Å². The molecule has 0 spiro atoms. The van der Waals surface area contributed by atoms with Gasteiger partial charge in [-0.2, -0.15) is 13.2 Å². The zero-order chi connectivity index (χ0) is 20.5. The SMILES string of the molecule is O=C(CN1C(=O)COc2ccc([N+](=O)[O-])nc21)Nc1cccc(C(F)(F)F)c1. The smallest absolute Gasteiger partial charge is 0.416 e. The van der Waals surface area contributed by atoms with Gasteiger partial charge in [0, 0.05) is 11.8 Å². The highest BCUT2D eigenvalue weighted by atomic mass is 19.4. The van der Waals surface area contributed by atoms with E-state index in [4.69, 9.17) is 4.74 Å². The van der Waals surface area contributed by atoms with E-state index in [1.807, 2.05) is 0 Å². The number of nitrogens with one attached hydrogen (secondary N) is 1. The number of hydrogen-bond donors (Lipinski definition) is 1. The van der Waals surface area contributed by atoms with Crippen LogP contribution >= 0.6 is 0 Å². The Balaban J connectivity index is 1.80. The Kier molecular flexibility index (Phi) is 4.86. The quantitative estimate of drug-likeness (QED) is 0.627. The van der Waals surface area contributed by atoms with Crippen molar-refractivity contribution in [3.63, 3.8) is 0 Å². The monoisotopic (exact) mass is 396 g/mol. The van der Waals surface area contributed by atoms with Crippen LogP contribution < -0.4 is 15.0 Å². The molecule has 0 atom stereocenters. The van der Waals surface area contributed by atoms with E-state index in [-0.39, 0.29) is 17.3 Å². The van der Waals surface area contributed by atoms with E-state index in [0.29, 0.717) is 0 Å². The third-order valence-electron chi connectivity index (χ3n) is 3.69. The van der Waals surface area contributed by atoms with Gasteiger partial charge in [-0.1, -0.05) is 6.07 Å². The van der Waals surface area contributed by atoms with Crippen LogP contribution in [0.5, 0.6) is 5.75 Å². The fourth-order valence-electron chi connectivity index (χ4n) is 2.45. The van der Waals surface area contributed by atoms with Crippen LogP contribution in [-0.2, 0) is 15.8 Å². The zero-order valence-corrected chi connectivity index (χ0v) is 13.9. The summed E-state index contributed by atoms with van der Waals surface area (Å²) in [6, 6.07) is 6.29. The van der Waals surface area contributed by atoms with Gasteiger partial charge in [0.2, 0.25) is 5.91 Å². The second-order valence-corrected chi connectivity index (χ2v) is 5.64. The Hall–Kier alpha value is -3.70. The fraction of sp³-hybridized carbons (Fsp3) is 0.188. The summed E-state index contributed by atoms with van der Waals surface area (Å²) < 4.78 is 43.4. The molecule has 0 fully saturated rings. The second-order valence-electron chi connectivity index (χ2n) is 5.64. The first-order valence-corrected chi connectivity index (χ1v) is 7.71. The number of benzene rings is 1. The maximum Gasteiger partial charge on any atom is 0.416 e. The first-order chi connectivity index (χ1) is 13.1. The third kappa shape index (κ3) is 4.00. The number of ether oxygens (including phenoxy) is 1. The first-order valence-electron chi connectivity index (χ1n) is 7.71. The number of rotatable bonds is 4. The number of aromatic nitrogens is 1. The lowest BCUT2D eigenvalue weighted by Gasteiger charge is -2.24. The summed E-state index contributed by atoms with van der Waals surface area (Å²) in [6.07, 6.45) is -4.58. The van der Waals surface area contributed by atoms with Gasteiger partial charge < -0.3 is 20.2 Å². The summed E-state index contributed by atoms with van der Waals surface area (Å²) >= 11 is 0. The lowest BCUT2D eigenvalue weighted by Crippen LogP contribution is -2.44. The molecule has 0 radical (unpaired) electrons. The Morgan fingerprint density at radius 1 is 1.32 bits per heavy atom. The van der Waals surface area contributed by atoms with Gasteiger partial charge in [-0.15, -0.1) is 0 Å². The number of carbonyl (C=O) groups is 2. The van der Waals surface area contributed by atoms with E-state index in [1.165, 1.54) is 12.1 Å². The van der Waals surface area contributed by atoms with Crippen molar-refractivity contribution in [2.75, 3.05) is 23.4 Å². The largest absolute Gasteiger partial charge is 0.477 e. The molecule has 0 saturated heterocycles. The minimum Gasteiger partial charge on any atom is -0.477 e. The van der Waals surface area contributed by atoms with E-state index in [2.05, 4.69) is 10.3 Å². The van der Waals surface area contributed by atoms with Crippen LogP contribution in [0.4, 0.5) is 30.5 Å². The molecule has 2 heterocycles. The molecule has 1 aromatic heterocycles. The highest BCUT2D eigenvalue weighted by Gasteiger charge is 2.34. The number of halogens is 3. The summed E-state index contributed by atoms with van der Waals surface area (Å²) in [6.45, 7) is -1.02. The van der Waals surface area contributed by atoms with Crippen molar-refractivity contribution < 1.29 is 32.4 Å². The fourth-order valence-corrected chi connectivity index (χ4v) is 2.45. The van der Waals surface area contributed by atoms with Crippen molar-refractivity contribution in [2.24, 2.45) is 0 Å². The molecule has 0 bridgehead atoms. The van der Waals surface area contributed by atoms with Crippen molar-refractivity contribution in [3.8, 4) is 5.75 Å². The average molecular weight is 396 g/mol. The number of anilines is 2. The Morgan fingerprint density at radius 3 is 2.75 bits per heavy atom. The lowest BCUT2D eigenvalue weighted by atomic mass is 10.2. The van der Waals surface area contributed by atoms with Crippen LogP contribution in [0, 0.1) is 10.1 Å². The molecule has 1 aliphatic heterocycles. The number of fused-ring (bicyclic) bond motifs is 1. The van der Waals surface area contributed by atoms with E-state index >= 15 is 0 Å². The number of amides is 2. The molecule has 1 aromatic carbocycles. The molecule has 146 valence electrons. The second kappa shape index (κ2) is 7.13. The molecule has 0 aliphatic carbocycles. The van der Waals surface area contributed by atoms with Crippen LogP contribution in [0.15, 0.2) is 36.4 Å². The molecule has 9 nitrogen and oxygen atoms in total. The summed E-state index contributed by atoms with van der Waals surface area (Å²) in [5.41, 5.74) is -1.07. The van der Waals surface area contributed by atoms with Crippen molar-refractivity contribution in [1.29, 1.82) is 0 Å². The van der Waals surface area contributed by atoms with Crippen LogP contribution in [0.25, 0.3) is 0 Å². The van der Waals surface area contributed by atoms with Gasteiger partial charge >= 0.3 is 12.0 Å². The number of hydrogen-bond acceptors (Lipinski definition) is 6. The summed E-state index contributed by atoms with van der Waals surface area (Å²) in [4.78, 5) is 39.0. The highest BCUT2D eigenvalue weighted by molar-refractivity contribution is 6.04. The van der Waals surface area contributed by atoms with Crippen molar-refractivity contribution in [3.05, 3.63) is 52.1 Å². The van der Waals surface area contributed by atoms with Gasteiger partial charge in [-0.25, -0.2) is 0 Å². The zero-order valence-electron chi connectivity index (χ0n) is 13.9. The molecule has 28 heavy (non-hydrogen) atoms. The first kappa shape index (κ1) is 19.1. The van der Waals surface area contributed by atoms with Crippen molar-refractivity contribution in [1.82, 2.24) is 4.98 Å². The standard InChI is InChI=1S/C16H11F3N4O5/c17-16(18,19)9-2-1-3-10(6-9)20-13(24)7-22-14(25)8-28-11-4-5-12(23(26)27)21-15(11)22/h1-6H,7-8H2,(H,20,24). The topological polar surface area (TPSA) is 115 Å². The molecular formula is C16H11F3N4O5. The Labute approximate surface area is 154 Å². The van der Waals surface area contributed by atoms with Crippen molar-refractivity contribution in [2.45, 2.75) is 6.18 Å². The summed E-state index contributed by atoms with van der Waals surface area (Å²) in [7, 11) is 0. The Bertz CT molecular complexity index is 964. The summed E-state index contributed by atoms with van der Waals surface area (Å²) in [5.74, 6) is -2.20. The average Bonchev–Trinajstić information content (AvgIpc) is 2.63. The molecule has 1 N–H and O–H groups in total. The minimum absolute atomic E-state index is 0.0667. The normalized spacial score (nSPS) is 13.5. The van der Waals surface area contributed by atoms with E-state index in [9.17, 15) is 32.9 Å². The van der Waals surface area contributed by atoms with Crippen LogP contribution in [-0.4, -0.2) is 34.9 Å². The molecular weight excluding hydrogens is 385 g/mol. The summed E-state index contributed by atoms with van der Waals surface area (Å²) in [5, 5.41) is 13.1. The van der Waals surface area contributed by atoms with Crippen LogP contribution in [0.2, 0.25) is 0 Å². The maximum atomic E-state index is 12.8.